The molecule has 1 aliphatic carbocycles. The summed E-state index contributed by atoms with van der Waals surface area (Å²) < 4.78 is 1.29. The SMILES string of the molecule is CCN(C(=O)c1ccc(C2CCCCC2)cc1)c1c(N)n(Cc2ccccc2)c(=O)[nH]c1=O. The van der Waals surface area contributed by atoms with Gasteiger partial charge in [-0.1, -0.05) is 61.7 Å². The van der Waals surface area contributed by atoms with Crippen molar-refractivity contribution in [3.05, 3.63) is 92.1 Å². The van der Waals surface area contributed by atoms with Crippen LogP contribution < -0.4 is 21.9 Å². The van der Waals surface area contributed by atoms with Crippen LogP contribution in [0.3, 0.4) is 0 Å². The van der Waals surface area contributed by atoms with E-state index in [-0.39, 0.29) is 30.5 Å². The molecule has 1 saturated carbocycles. The molecule has 1 aliphatic rings. The summed E-state index contributed by atoms with van der Waals surface area (Å²) in [6.45, 7) is 2.21. The summed E-state index contributed by atoms with van der Waals surface area (Å²) in [6, 6.07) is 17.0. The molecule has 1 amide bonds. The number of carbonyl (C=O) groups is 1. The van der Waals surface area contributed by atoms with Crippen molar-refractivity contribution in [2.24, 2.45) is 0 Å². The van der Waals surface area contributed by atoms with Gasteiger partial charge in [-0.05, 0) is 48.9 Å². The van der Waals surface area contributed by atoms with Crippen LogP contribution in [0.2, 0.25) is 0 Å². The molecule has 3 aromatic rings. The first-order chi connectivity index (χ1) is 16.0. The Labute approximate surface area is 192 Å². The van der Waals surface area contributed by atoms with Crippen molar-refractivity contribution in [1.29, 1.82) is 0 Å². The van der Waals surface area contributed by atoms with Gasteiger partial charge in [0.1, 0.15) is 5.82 Å². The predicted molar refractivity (Wildman–Crippen MR) is 131 cm³/mol. The topological polar surface area (TPSA) is 101 Å². The Morgan fingerprint density at radius 1 is 1.03 bits per heavy atom. The molecule has 0 unspecified atom stereocenters. The number of aromatic nitrogens is 2. The molecule has 0 aliphatic heterocycles. The van der Waals surface area contributed by atoms with Crippen LogP contribution in [-0.2, 0) is 6.54 Å². The van der Waals surface area contributed by atoms with Crippen LogP contribution >= 0.6 is 0 Å². The lowest BCUT2D eigenvalue weighted by Gasteiger charge is -2.24. The van der Waals surface area contributed by atoms with E-state index in [2.05, 4.69) is 4.98 Å². The average molecular weight is 447 g/mol. The van der Waals surface area contributed by atoms with Crippen molar-refractivity contribution in [2.75, 3.05) is 17.2 Å². The molecule has 0 bridgehead atoms. The van der Waals surface area contributed by atoms with Crippen molar-refractivity contribution in [1.82, 2.24) is 9.55 Å². The highest BCUT2D eigenvalue weighted by molar-refractivity contribution is 6.07. The molecule has 7 heteroatoms. The molecule has 33 heavy (non-hydrogen) atoms. The average Bonchev–Trinajstić information content (AvgIpc) is 2.85. The van der Waals surface area contributed by atoms with E-state index >= 15 is 0 Å². The molecule has 7 nitrogen and oxygen atoms in total. The van der Waals surface area contributed by atoms with Gasteiger partial charge >= 0.3 is 5.69 Å². The first-order valence-electron chi connectivity index (χ1n) is 11.6. The van der Waals surface area contributed by atoms with Crippen molar-refractivity contribution in [2.45, 2.75) is 51.5 Å². The van der Waals surface area contributed by atoms with Crippen molar-refractivity contribution < 1.29 is 4.79 Å². The maximum atomic E-state index is 13.4. The third-order valence-corrected chi connectivity index (χ3v) is 6.46. The number of nitrogens with two attached hydrogens (primary N) is 1. The molecule has 0 atom stereocenters. The summed E-state index contributed by atoms with van der Waals surface area (Å²) in [5.41, 5.74) is 7.61. The molecule has 2 aromatic carbocycles. The van der Waals surface area contributed by atoms with E-state index in [4.69, 9.17) is 5.73 Å². The summed E-state index contributed by atoms with van der Waals surface area (Å²) in [6.07, 6.45) is 6.15. The van der Waals surface area contributed by atoms with E-state index in [1.807, 2.05) is 54.6 Å². The van der Waals surface area contributed by atoms with E-state index in [9.17, 15) is 14.4 Å². The fourth-order valence-electron chi connectivity index (χ4n) is 4.65. The van der Waals surface area contributed by atoms with Crippen LogP contribution in [0.5, 0.6) is 0 Å². The second-order valence-electron chi connectivity index (χ2n) is 8.57. The maximum Gasteiger partial charge on any atom is 0.330 e. The van der Waals surface area contributed by atoms with Crippen LogP contribution in [0.4, 0.5) is 11.5 Å². The Balaban J connectivity index is 1.65. The number of H-pyrrole nitrogens is 1. The summed E-state index contributed by atoms with van der Waals surface area (Å²) in [5, 5.41) is 0. The number of hydrogen-bond donors (Lipinski definition) is 2. The number of benzene rings is 2. The highest BCUT2D eigenvalue weighted by Gasteiger charge is 2.24. The lowest BCUT2D eigenvalue weighted by Crippen LogP contribution is -2.41. The standard InChI is InChI=1S/C26H30N4O3/c1-2-29(25(32)21-15-13-20(14-16-21)19-11-7-4-8-12-19)22-23(27)30(26(33)28-24(22)31)17-18-9-5-3-6-10-18/h3,5-6,9-10,13-16,19H,2,4,7-8,11-12,17,27H2,1H3,(H,28,31,33). The Morgan fingerprint density at radius 3 is 2.33 bits per heavy atom. The molecule has 1 aromatic heterocycles. The van der Waals surface area contributed by atoms with Gasteiger partial charge in [-0.25, -0.2) is 4.79 Å². The zero-order valence-electron chi connectivity index (χ0n) is 18.9. The van der Waals surface area contributed by atoms with E-state index in [1.54, 1.807) is 6.92 Å². The summed E-state index contributed by atoms with van der Waals surface area (Å²) in [7, 11) is 0. The summed E-state index contributed by atoms with van der Waals surface area (Å²) in [4.78, 5) is 42.2. The fraction of sp³-hybridized carbons (Fsp3) is 0.346. The van der Waals surface area contributed by atoms with Crippen LogP contribution in [0.15, 0.2) is 64.2 Å². The molecule has 4 rings (SSSR count). The van der Waals surface area contributed by atoms with Gasteiger partial charge in [-0.2, -0.15) is 0 Å². The predicted octanol–water partition coefficient (Wildman–Crippen LogP) is 3.88. The number of nitrogens with one attached hydrogen (secondary N) is 1. The second kappa shape index (κ2) is 9.90. The van der Waals surface area contributed by atoms with Crippen molar-refractivity contribution in [3.8, 4) is 0 Å². The number of carbonyl (C=O) groups excluding carboxylic acids is 1. The number of nitrogen functional groups attached to an aromatic ring is 1. The Kier molecular flexibility index (Phi) is 6.77. The molecule has 1 heterocycles. The number of hydrogen-bond acceptors (Lipinski definition) is 4. The first kappa shape index (κ1) is 22.6. The number of nitrogens with zero attached hydrogens (tertiary/aromatic N) is 2. The molecule has 0 radical (unpaired) electrons. The molecule has 172 valence electrons. The normalized spacial score (nSPS) is 14.2. The number of amides is 1. The third kappa shape index (κ3) is 4.77. The van der Waals surface area contributed by atoms with E-state index in [0.717, 1.165) is 5.56 Å². The molecule has 0 saturated heterocycles. The maximum absolute atomic E-state index is 13.4. The minimum absolute atomic E-state index is 0.00520. The third-order valence-electron chi connectivity index (χ3n) is 6.46. The van der Waals surface area contributed by atoms with Crippen LogP contribution in [-0.4, -0.2) is 22.0 Å². The molecular weight excluding hydrogens is 416 g/mol. The first-order valence-corrected chi connectivity index (χ1v) is 11.6. The van der Waals surface area contributed by atoms with E-state index in [0.29, 0.717) is 11.5 Å². The lowest BCUT2D eigenvalue weighted by atomic mass is 9.84. The van der Waals surface area contributed by atoms with Gasteiger partial charge in [-0.15, -0.1) is 0 Å². The van der Waals surface area contributed by atoms with Gasteiger partial charge in [-0.3, -0.25) is 19.1 Å². The Hall–Kier alpha value is -3.61. The zero-order chi connectivity index (χ0) is 23.4. The highest BCUT2D eigenvalue weighted by atomic mass is 16.2. The largest absolute Gasteiger partial charge is 0.383 e. The molecule has 0 spiro atoms. The highest BCUT2D eigenvalue weighted by Crippen LogP contribution is 2.32. The minimum atomic E-state index is -0.671. The molecule has 1 fully saturated rings. The minimum Gasteiger partial charge on any atom is -0.383 e. The van der Waals surface area contributed by atoms with Crippen LogP contribution in [0.25, 0.3) is 0 Å². The smallest absolute Gasteiger partial charge is 0.330 e. The van der Waals surface area contributed by atoms with E-state index < -0.39 is 11.2 Å². The zero-order valence-corrected chi connectivity index (χ0v) is 18.9. The van der Waals surface area contributed by atoms with Gasteiger partial charge in [0.15, 0.2) is 5.69 Å². The van der Waals surface area contributed by atoms with Gasteiger partial charge in [0, 0.05) is 12.1 Å². The summed E-state index contributed by atoms with van der Waals surface area (Å²) >= 11 is 0. The van der Waals surface area contributed by atoms with Gasteiger partial charge in [0.25, 0.3) is 11.5 Å². The van der Waals surface area contributed by atoms with Gasteiger partial charge in [0.2, 0.25) is 0 Å². The molecule has 3 N–H and O–H groups in total. The number of anilines is 2. The van der Waals surface area contributed by atoms with Gasteiger partial charge < -0.3 is 10.6 Å². The Bertz CT molecular complexity index is 1220. The number of rotatable bonds is 6. The van der Waals surface area contributed by atoms with Crippen molar-refractivity contribution >= 4 is 17.4 Å². The quantitative estimate of drug-likeness (QED) is 0.600. The van der Waals surface area contributed by atoms with E-state index in [1.165, 1.54) is 47.1 Å². The lowest BCUT2D eigenvalue weighted by molar-refractivity contribution is 0.0988. The number of aromatic amines is 1. The van der Waals surface area contributed by atoms with Crippen LogP contribution in [0.1, 0.15) is 66.4 Å². The molecular formula is C26H30N4O3. The van der Waals surface area contributed by atoms with Crippen molar-refractivity contribution in [3.63, 3.8) is 0 Å². The fourth-order valence-corrected chi connectivity index (χ4v) is 4.65. The van der Waals surface area contributed by atoms with Gasteiger partial charge in [0.05, 0.1) is 6.54 Å². The van der Waals surface area contributed by atoms with Crippen LogP contribution in [0, 0.1) is 0 Å². The monoisotopic (exact) mass is 446 g/mol. The summed E-state index contributed by atoms with van der Waals surface area (Å²) in [5.74, 6) is 0.196. The second-order valence-corrected chi connectivity index (χ2v) is 8.57. The Morgan fingerprint density at radius 2 is 1.70 bits per heavy atom.